The maximum atomic E-state index is 12.0. The van der Waals surface area contributed by atoms with Crippen molar-refractivity contribution in [3.63, 3.8) is 0 Å². The number of aromatic hydroxyl groups is 1. The van der Waals surface area contributed by atoms with Crippen molar-refractivity contribution in [3.8, 4) is 5.75 Å². The Morgan fingerprint density at radius 3 is 2.07 bits per heavy atom. The van der Waals surface area contributed by atoms with Gasteiger partial charge >= 0.3 is 6.18 Å². The highest BCUT2D eigenvalue weighted by molar-refractivity contribution is 6.31. The van der Waals surface area contributed by atoms with Crippen LogP contribution in [0.25, 0.3) is 0 Å². The standard InChI is InChI=1S/C7H4ClF3O.C2H6/c8-6-2-1-4(12)3-5(6)7(9,10)11;1-2/h1-3,12H;1-2H3. The van der Waals surface area contributed by atoms with Gasteiger partial charge in [0.2, 0.25) is 0 Å². The molecule has 0 spiro atoms. The van der Waals surface area contributed by atoms with E-state index in [9.17, 15) is 13.2 Å². The summed E-state index contributed by atoms with van der Waals surface area (Å²) in [4.78, 5) is 0. The lowest BCUT2D eigenvalue weighted by Gasteiger charge is -2.08. The molecule has 0 aliphatic rings. The predicted octanol–water partition coefficient (Wildman–Crippen LogP) is 4.09. The summed E-state index contributed by atoms with van der Waals surface area (Å²) >= 11 is 5.25. The summed E-state index contributed by atoms with van der Waals surface area (Å²) in [7, 11) is 0. The second kappa shape index (κ2) is 5.10. The highest BCUT2D eigenvalue weighted by Crippen LogP contribution is 2.36. The van der Waals surface area contributed by atoms with E-state index in [-0.39, 0.29) is 0 Å². The van der Waals surface area contributed by atoms with Gasteiger partial charge in [-0.25, -0.2) is 0 Å². The quantitative estimate of drug-likeness (QED) is 0.706. The van der Waals surface area contributed by atoms with Gasteiger partial charge in [0.15, 0.2) is 0 Å². The molecule has 1 rings (SSSR count). The summed E-state index contributed by atoms with van der Waals surface area (Å²) < 4.78 is 36.1. The van der Waals surface area contributed by atoms with Crippen LogP contribution in [0.5, 0.6) is 5.75 Å². The van der Waals surface area contributed by atoms with E-state index in [0.717, 1.165) is 12.1 Å². The minimum atomic E-state index is -4.52. The Morgan fingerprint density at radius 1 is 1.21 bits per heavy atom. The van der Waals surface area contributed by atoms with Crippen molar-refractivity contribution >= 4 is 11.6 Å². The zero-order valence-electron chi connectivity index (χ0n) is 7.69. The largest absolute Gasteiger partial charge is 0.508 e. The Labute approximate surface area is 85.1 Å². The van der Waals surface area contributed by atoms with Crippen LogP contribution in [0.4, 0.5) is 13.2 Å². The molecule has 1 nitrogen and oxygen atoms in total. The molecule has 0 atom stereocenters. The van der Waals surface area contributed by atoms with Crippen molar-refractivity contribution in [2.75, 3.05) is 0 Å². The molecule has 1 N–H and O–H groups in total. The van der Waals surface area contributed by atoms with Gasteiger partial charge in [-0.05, 0) is 18.2 Å². The number of phenolic OH excluding ortho intramolecular Hbond substituents is 1. The first-order valence-electron chi connectivity index (χ1n) is 3.97. The molecule has 80 valence electrons. The SMILES string of the molecule is CC.Oc1ccc(Cl)c(C(F)(F)F)c1. The van der Waals surface area contributed by atoms with Gasteiger partial charge in [0.05, 0.1) is 10.6 Å². The fraction of sp³-hybridized carbons (Fsp3) is 0.333. The minimum Gasteiger partial charge on any atom is -0.508 e. The van der Waals surface area contributed by atoms with Crippen LogP contribution in [0.2, 0.25) is 5.02 Å². The zero-order chi connectivity index (χ0) is 11.4. The van der Waals surface area contributed by atoms with E-state index in [2.05, 4.69) is 0 Å². The number of benzene rings is 1. The van der Waals surface area contributed by atoms with Crippen molar-refractivity contribution in [2.45, 2.75) is 20.0 Å². The van der Waals surface area contributed by atoms with E-state index in [4.69, 9.17) is 16.7 Å². The number of phenols is 1. The van der Waals surface area contributed by atoms with Gasteiger partial charge in [0, 0.05) is 0 Å². The second-order valence-electron chi connectivity index (χ2n) is 2.16. The lowest BCUT2D eigenvalue weighted by atomic mass is 10.2. The highest BCUT2D eigenvalue weighted by atomic mass is 35.5. The summed E-state index contributed by atoms with van der Waals surface area (Å²) in [5.41, 5.74) is -1.02. The van der Waals surface area contributed by atoms with Crippen LogP contribution in [0.1, 0.15) is 19.4 Å². The van der Waals surface area contributed by atoms with E-state index < -0.39 is 22.5 Å². The normalized spacial score (nSPS) is 10.4. The topological polar surface area (TPSA) is 20.2 Å². The molecule has 0 saturated heterocycles. The Balaban J connectivity index is 0.000000791. The van der Waals surface area contributed by atoms with Crippen LogP contribution >= 0.6 is 11.6 Å². The summed E-state index contributed by atoms with van der Waals surface area (Å²) in [5, 5.41) is 8.33. The first-order valence-corrected chi connectivity index (χ1v) is 4.35. The van der Waals surface area contributed by atoms with E-state index in [0.29, 0.717) is 6.07 Å². The van der Waals surface area contributed by atoms with Gasteiger partial charge in [0.1, 0.15) is 5.75 Å². The minimum absolute atomic E-state index is 0.416. The molecular formula is C9H10ClF3O. The van der Waals surface area contributed by atoms with Gasteiger partial charge in [-0.2, -0.15) is 13.2 Å². The maximum Gasteiger partial charge on any atom is 0.417 e. The van der Waals surface area contributed by atoms with Gasteiger partial charge in [-0.1, -0.05) is 25.4 Å². The Kier molecular flexibility index (Phi) is 4.77. The summed E-state index contributed by atoms with van der Waals surface area (Å²) in [6, 6.07) is 2.68. The molecule has 1 aromatic rings. The van der Waals surface area contributed by atoms with Gasteiger partial charge in [0.25, 0.3) is 0 Å². The van der Waals surface area contributed by atoms with Crippen molar-refractivity contribution in [3.05, 3.63) is 28.8 Å². The maximum absolute atomic E-state index is 12.0. The second-order valence-corrected chi connectivity index (χ2v) is 2.57. The third-order valence-corrected chi connectivity index (χ3v) is 1.58. The smallest absolute Gasteiger partial charge is 0.417 e. The molecule has 0 radical (unpaired) electrons. The Bertz CT molecular complexity index is 297. The van der Waals surface area contributed by atoms with Gasteiger partial charge in [-0.15, -0.1) is 0 Å². The van der Waals surface area contributed by atoms with E-state index in [1.807, 2.05) is 13.8 Å². The molecule has 1 aromatic carbocycles. The third-order valence-electron chi connectivity index (χ3n) is 1.26. The monoisotopic (exact) mass is 226 g/mol. The van der Waals surface area contributed by atoms with E-state index >= 15 is 0 Å². The Hall–Kier alpha value is -0.900. The zero-order valence-corrected chi connectivity index (χ0v) is 8.45. The van der Waals surface area contributed by atoms with Crippen molar-refractivity contribution in [1.82, 2.24) is 0 Å². The molecule has 0 heterocycles. The first kappa shape index (κ1) is 13.1. The van der Waals surface area contributed by atoms with Gasteiger partial charge < -0.3 is 5.11 Å². The van der Waals surface area contributed by atoms with Crippen LogP contribution < -0.4 is 0 Å². The number of alkyl halides is 3. The van der Waals surface area contributed by atoms with E-state index in [1.165, 1.54) is 0 Å². The first-order chi connectivity index (χ1) is 6.41. The fourth-order valence-corrected chi connectivity index (χ4v) is 0.955. The number of halogens is 4. The number of rotatable bonds is 0. The highest BCUT2D eigenvalue weighted by Gasteiger charge is 2.33. The van der Waals surface area contributed by atoms with Crippen LogP contribution in [0, 0.1) is 0 Å². The molecule has 0 fully saturated rings. The van der Waals surface area contributed by atoms with Crippen molar-refractivity contribution in [2.24, 2.45) is 0 Å². The van der Waals surface area contributed by atoms with E-state index in [1.54, 1.807) is 0 Å². The molecule has 0 aliphatic heterocycles. The molecule has 0 unspecified atom stereocenters. The molecule has 0 saturated carbocycles. The fourth-order valence-electron chi connectivity index (χ4n) is 0.730. The van der Waals surface area contributed by atoms with Gasteiger partial charge in [-0.3, -0.25) is 0 Å². The predicted molar refractivity (Wildman–Crippen MR) is 49.5 cm³/mol. The number of hydrogen-bond donors (Lipinski definition) is 1. The van der Waals surface area contributed by atoms with Crippen molar-refractivity contribution < 1.29 is 18.3 Å². The summed E-state index contributed by atoms with van der Waals surface area (Å²) in [5.74, 6) is -0.452. The number of hydrogen-bond acceptors (Lipinski definition) is 1. The third kappa shape index (κ3) is 3.46. The average molecular weight is 227 g/mol. The summed E-state index contributed by atoms with van der Waals surface area (Å²) in [6.07, 6.45) is -4.52. The van der Waals surface area contributed by atoms with Crippen LogP contribution in [0.3, 0.4) is 0 Å². The van der Waals surface area contributed by atoms with Crippen LogP contribution in [-0.2, 0) is 6.18 Å². The van der Waals surface area contributed by atoms with Crippen LogP contribution in [0.15, 0.2) is 18.2 Å². The molecule has 0 bridgehead atoms. The summed E-state index contributed by atoms with van der Waals surface area (Å²) in [6.45, 7) is 4.00. The lowest BCUT2D eigenvalue weighted by molar-refractivity contribution is -0.137. The molecule has 0 aromatic heterocycles. The average Bonchev–Trinajstić information content (AvgIpc) is 2.11. The molecule has 5 heteroatoms. The lowest BCUT2D eigenvalue weighted by Crippen LogP contribution is -2.05. The van der Waals surface area contributed by atoms with Crippen LogP contribution in [-0.4, -0.2) is 5.11 Å². The Morgan fingerprint density at radius 2 is 1.71 bits per heavy atom. The molecule has 14 heavy (non-hydrogen) atoms. The molecular weight excluding hydrogens is 217 g/mol. The molecule has 0 aliphatic carbocycles. The van der Waals surface area contributed by atoms with Crippen molar-refractivity contribution in [1.29, 1.82) is 0 Å². The molecule has 0 amide bonds.